The lowest BCUT2D eigenvalue weighted by atomic mass is 9.86. The first-order valence-corrected chi connectivity index (χ1v) is 15.7. The Morgan fingerprint density at radius 1 is 0.913 bits per heavy atom. The van der Waals surface area contributed by atoms with E-state index in [0.717, 1.165) is 16.3 Å². The molecule has 8 heteroatoms. The third-order valence-electron chi connectivity index (χ3n) is 9.58. The number of amides is 3. The Balaban J connectivity index is 1.26. The van der Waals surface area contributed by atoms with Gasteiger partial charge in [-0.15, -0.1) is 0 Å². The highest BCUT2D eigenvalue weighted by atomic mass is 19.1. The Morgan fingerprint density at radius 2 is 1.57 bits per heavy atom. The molecule has 2 heterocycles. The van der Waals surface area contributed by atoms with Crippen LogP contribution < -0.4 is 5.32 Å². The molecule has 2 saturated heterocycles. The molecule has 4 aromatic rings. The number of carbonyl (C=O) groups is 4. The van der Waals surface area contributed by atoms with Crippen molar-refractivity contribution in [1.82, 2.24) is 15.1 Å². The van der Waals surface area contributed by atoms with E-state index in [0.29, 0.717) is 23.1 Å². The van der Waals surface area contributed by atoms with Crippen molar-refractivity contribution in [3.05, 3.63) is 119 Å². The predicted molar refractivity (Wildman–Crippen MR) is 175 cm³/mol. The zero-order valence-electron chi connectivity index (χ0n) is 26.5. The van der Waals surface area contributed by atoms with E-state index >= 15 is 0 Å². The first-order valence-electron chi connectivity index (χ1n) is 15.7. The average molecular weight is 620 g/mol. The topological polar surface area (TPSA) is 86.8 Å². The summed E-state index contributed by atoms with van der Waals surface area (Å²) in [6, 6.07) is 24.8. The number of ketones is 1. The van der Waals surface area contributed by atoms with Gasteiger partial charge >= 0.3 is 0 Å². The number of Topliss-reactive ketones (excluding diaryl/α,β-unsaturated/α-hetero) is 1. The fourth-order valence-corrected chi connectivity index (χ4v) is 6.81. The number of rotatable bonds is 6. The van der Waals surface area contributed by atoms with Crippen LogP contribution in [0.5, 0.6) is 0 Å². The van der Waals surface area contributed by atoms with E-state index in [2.05, 4.69) is 26.1 Å². The van der Waals surface area contributed by atoms with Crippen LogP contribution in [0, 0.1) is 5.82 Å². The summed E-state index contributed by atoms with van der Waals surface area (Å²) in [5.41, 5.74) is 1.29. The van der Waals surface area contributed by atoms with Crippen LogP contribution >= 0.6 is 0 Å². The molecule has 1 N–H and O–H groups in total. The standard InChI is InChI=1S/C38H38FN3O4/c1-37(2,3)29-15-13-26(14-16-29)34(44)40-31(21-24-9-17-30(39)18-10-24)36(46)42-20-19-32-38(42,4)33(43)23-41(32)35(45)28-12-11-25-7-5-6-8-27(25)22-28/h5-18,22,31-32H,19-21,23H2,1-4H3,(H,40,44)/t31-,32+,38?/m0/s1. The quantitative estimate of drug-likeness (QED) is 0.300. The first kappa shape index (κ1) is 31.1. The van der Waals surface area contributed by atoms with Crippen LogP contribution in [-0.2, 0) is 21.4 Å². The van der Waals surface area contributed by atoms with Gasteiger partial charge in [-0.3, -0.25) is 19.2 Å². The van der Waals surface area contributed by atoms with Crippen molar-refractivity contribution in [1.29, 1.82) is 0 Å². The predicted octanol–water partition coefficient (Wildman–Crippen LogP) is 5.70. The summed E-state index contributed by atoms with van der Waals surface area (Å²) in [4.78, 5) is 58.4. The minimum absolute atomic E-state index is 0.0881. The second kappa shape index (κ2) is 11.8. The van der Waals surface area contributed by atoms with Gasteiger partial charge in [0.15, 0.2) is 5.78 Å². The summed E-state index contributed by atoms with van der Waals surface area (Å²) in [5, 5.41) is 4.84. The van der Waals surface area contributed by atoms with E-state index in [9.17, 15) is 23.6 Å². The summed E-state index contributed by atoms with van der Waals surface area (Å²) in [7, 11) is 0. The monoisotopic (exact) mass is 619 g/mol. The number of fused-ring (bicyclic) bond motifs is 2. The molecular weight excluding hydrogens is 581 g/mol. The van der Waals surface area contributed by atoms with Crippen molar-refractivity contribution in [2.45, 2.75) is 63.6 Å². The number of nitrogens with zero attached hydrogens (tertiary/aromatic N) is 2. The van der Waals surface area contributed by atoms with Crippen LogP contribution in [-0.4, -0.2) is 64.0 Å². The lowest BCUT2D eigenvalue weighted by Gasteiger charge is -2.36. The maximum absolute atomic E-state index is 14.3. The van der Waals surface area contributed by atoms with Crippen LogP contribution in [0.3, 0.4) is 0 Å². The smallest absolute Gasteiger partial charge is 0.254 e. The molecule has 6 rings (SSSR count). The molecule has 7 nitrogen and oxygen atoms in total. The number of hydrogen-bond acceptors (Lipinski definition) is 4. The molecule has 0 radical (unpaired) electrons. The molecule has 0 bridgehead atoms. The van der Waals surface area contributed by atoms with E-state index in [1.807, 2.05) is 48.5 Å². The van der Waals surface area contributed by atoms with Gasteiger partial charge in [0.25, 0.3) is 11.8 Å². The summed E-state index contributed by atoms with van der Waals surface area (Å²) in [6.07, 6.45) is 0.537. The van der Waals surface area contributed by atoms with Crippen molar-refractivity contribution in [3.8, 4) is 0 Å². The van der Waals surface area contributed by atoms with E-state index < -0.39 is 35.3 Å². The number of hydrogen-bond donors (Lipinski definition) is 1. The summed E-state index contributed by atoms with van der Waals surface area (Å²) in [5.74, 6) is -1.72. The van der Waals surface area contributed by atoms with E-state index in [4.69, 9.17) is 0 Å². The van der Waals surface area contributed by atoms with Crippen molar-refractivity contribution < 1.29 is 23.6 Å². The maximum atomic E-state index is 14.3. The van der Waals surface area contributed by atoms with Gasteiger partial charge in [-0.05, 0) is 77.1 Å². The maximum Gasteiger partial charge on any atom is 0.254 e. The highest BCUT2D eigenvalue weighted by Gasteiger charge is 2.61. The number of nitrogens with one attached hydrogen (secondary N) is 1. The molecule has 1 unspecified atom stereocenters. The largest absolute Gasteiger partial charge is 0.340 e. The van der Waals surface area contributed by atoms with E-state index in [1.165, 1.54) is 17.0 Å². The number of likely N-dealkylation sites (tertiary alicyclic amines) is 2. The Morgan fingerprint density at radius 3 is 2.24 bits per heavy atom. The molecule has 0 aromatic heterocycles. The molecule has 2 aliphatic rings. The molecule has 3 amide bonds. The van der Waals surface area contributed by atoms with Crippen molar-refractivity contribution >= 4 is 34.3 Å². The molecular formula is C38H38FN3O4. The Labute approximate surface area is 268 Å². The minimum Gasteiger partial charge on any atom is -0.340 e. The first-order chi connectivity index (χ1) is 21.9. The van der Waals surface area contributed by atoms with Crippen LogP contribution in [0.4, 0.5) is 4.39 Å². The summed E-state index contributed by atoms with van der Waals surface area (Å²) >= 11 is 0. The Bertz CT molecular complexity index is 1830. The van der Waals surface area contributed by atoms with E-state index in [1.54, 1.807) is 42.2 Å². The lowest BCUT2D eigenvalue weighted by Crippen LogP contribution is -2.59. The van der Waals surface area contributed by atoms with Gasteiger partial charge in [-0.1, -0.05) is 75.4 Å². The second-order valence-electron chi connectivity index (χ2n) is 13.5. The van der Waals surface area contributed by atoms with Gasteiger partial charge in [0, 0.05) is 24.1 Å². The Hall–Kier alpha value is -4.85. The number of benzene rings is 4. The molecule has 0 saturated carbocycles. The number of carbonyl (C=O) groups excluding carboxylic acids is 4. The van der Waals surface area contributed by atoms with E-state index in [-0.39, 0.29) is 36.6 Å². The molecule has 46 heavy (non-hydrogen) atoms. The van der Waals surface area contributed by atoms with Gasteiger partial charge in [0.1, 0.15) is 17.4 Å². The fraction of sp³-hybridized carbons (Fsp3) is 0.316. The highest BCUT2D eigenvalue weighted by molar-refractivity contribution is 6.06. The van der Waals surface area contributed by atoms with Crippen molar-refractivity contribution in [2.24, 2.45) is 0 Å². The van der Waals surface area contributed by atoms with Gasteiger partial charge in [0.05, 0.1) is 12.6 Å². The van der Waals surface area contributed by atoms with Crippen LogP contribution in [0.25, 0.3) is 10.8 Å². The fourth-order valence-electron chi connectivity index (χ4n) is 6.81. The van der Waals surface area contributed by atoms with Crippen LogP contribution in [0.2, 0.25) is 0 Å². The molecule has 0 aliphatic carbocycles. The van der Waals surface area contributed by atoms with Crippen LogP contribution in [0.15, 0.2) is 91.0 Å². The van der Waals surface area contributed by atoms with Crippen molar-refractivity contribution in [2.75, 3.05) is 13.1 Å². The van der Waals surface area contributed by atoms with Gasteiger partial charge < -0.3 is 15.1 Å². The molecule has 2 fully saturated rings. The molecule has 0 spiro atoms. The zero-order valence-corrected chi connectivity index (χ0v) is 26.5. The SMILES string of the molecule is CC(C)(C)c1ccc(C(=O)N[C@@H](Cc2ccc(F)cc2)C(=O)N2CC[C@H]3N(C(=O)c4ccc5ccccc5c4)CC(=O)C32C)cc1. The average Bonchev–Trinajstić information content (AvgIpc) is 3.52. The summed E-state index contributed by atoms with van der Waals surface area (Å²) < 4.78 is 13.7. The third kappa shape index (κ3) is 5.68. The lowest BCUT2D eigenvalue weighted by molar-refractivity contribution is -0.142. The molecule has 3 atom stereocenters. The molecule has 4 aromatic carbocycles. The number of halogens is 1. The molecule has 2 aliphatic heterocycles. The molecule has 236 valence electrons. The van der Waals surface area contributed by atoms with Gasteiger partial charge in [0.2, 0.25) is 5.91 Å². The minimum atomic E-state index is -1.25. The summed E-state index contributed by atoms with van der Waals surface area (Å²) in [6.45, 7) is 8.13. The normalized spacial score (nSPS) is 20.1. The second-order valence-corrected chi connectivity index (χ2v) is 13.5. The van der Waals surface area contributed by atoms with Gasteiger partial charge in [-0.25, -0.2) is 4.39 Å². The van der Waals surface area contributed by atoms with Gasteiger partial charge in [-0.2, -0.15) is 0 Å². The third-order valence-corrected chi connectivity index (χ3v) is 9.58. The highest BCUT2D eigenvalue weighted by Crippen LogP contribution is 2.40. The Kier molecular flexibility index (Phi) is 8.00. The zero-order chi connectivity index (χ0) is 32.8. The van der Waals surface area contributed by atoms with Crippen molar-refractivity contribution in [3.63, 3.8) is 0 Å². The van der Waals surface area contributed by atoms with Crippen LogP contribution in [0.1, 0.15) is 66.0 Å².